The van der Waals surface area contributed by atoms with Gasteiger partial charge in [0.05, 0.1) is 0 Å². The summed E-state index contributed by atoms with van der Waals surface area (Å²) in [5, 5.41) is 16.2. The number of fused-ring (bicyclic) bond motifs is 1. The van der Waals surface area contributed by atoms with E-state index < -0.39 is 0 Å². The van der Waals surface area contributed by atoms with Crippen molar-refractivity contribution in [1.29, 1.82) is 0 Å². The van der Waals surface area contributed by atoms with Gasteiger partial charge < -0.3 is 4.90 Å². The Kier molecular flexibility index (Phi) is 4.21. The predicted molar refractivity (Wildman–Crippen MR) is 100 cm³/mol. The predicted octanol–water partition coefficient (Wildman–Crippen LogP) is 2.31. The fourth-order valence-electron chi connectivity index (χ4n) is 4.48. The van der Waals surface area contributed by atoms with Gasteiger partial charge in [-0.25, -0.2) is 19.6 Å². The van der Waals surface area contributed by atoms with Crippen LogP contribution < -0.4 is 4.90 Å². The third-order valence-electron chi connectivity index (χ3n) is 5.97. The molecule has 3 aromatic rings. The van der Waals surface area contributed by atoms with Crippen molar-refractivity contribution in [3.63, 3.8) is 0 Å². The van der Waals surface area contributed by atoms with Gasteiger partial charge in [0, 0.05) is 32.0 Å². The molecule has 1 aliphatic carbocycles. The van der Waals surface area contributed by atoms with Crippen LogP contribution in [-0.2, 0) is 7.05 Å². The lowest BCUT2D eigenvalue weighted by Crippen LogP contribution is -2.35. The molecule has 2 fully saturated rings. The number of aryl methyl sites for hydroxylation is 1. The molecule has 1 N–H and O–H groups in total. The summed E-state index contributed by atoms with van der Waals surface area (Å²) in [5.74, 6) is 3.76. The van der Waals surface area contributed by atoms with Gasteiger partial charge >= 0.3 is 0 Å². The number of aromatic amines is 1. The summed E-state index contributed by atoms with van der Waals surface area (Å²) in [6, 6.07) is 0. The van der Waals surface area contributed by atoms with Gasteiger partial charge in [-0.05, 0) is 25.7 Å². The van der Waals surface area contributed by atoms with Crippen LogP contribution in [0.2, 0.25) is 0 Å². The zero-order chi connectivity index (χ0) is 18.2. The zero-order valence-corrected chi connectivity index (χ0v) is 15.7. The minimum atomic E-state index is 0.314. The molecule has 0 aromatic carbocycles. The summed E-state index contributed by atoms with van der Waals surface area (Å²) in [7, 11) is 1.85. The van der Waals surface area contributed by atoms with Crippen molar-refractivity contribution in [2.24, 2.45) is 7.05 Å². The number of hydrogen-bond acceptors (Lipinski definition) is 7. The fraction of sp³-hybridized carbons (Fsp3) is 0.667. The lowest BCUT2D eigenvalue weighted by Gasteiger charge is -2.32. The molecule has 1 saturated heterocycles. The summed E-state index contributed by atoms with van der Waals surface area (Å²) in [6.45, 7) is 1.81. The van der Waals surface area contributed by atoms with Crippen LogP contribution in [0.1, 0.15) is 68.4 Å². The SMILES string of the molecule is Cn1nnc2c(N3CCCC(c4n[nH]c(C5CCCCC5)n4)C3)ncnc21. The molecule has 1 saturated carbocycles. The quantitative estimate of drug-likeness (QED) is 0.758. The Balaban J connectivity index is 1.37. The van der Waals surface area contributed by atoms with Crippen molar-refractivity contribution in [2.75, 3.05) is 18.0 Å². The van der Waals surface area contributed by atoms with E-state index >= 15 is 0 Å². The molecular weight excluding hydrogens is 342 g/mol. The lowest BCUT2D eigenvalue weighted by molar-refractivity contribution is 0.428. The van der Waals surface area contributed by atoms with Crippen molar-refractivity contribution in [3.05, 3.63) is 18.0 Å². The van der Waals surface area contributed by atoms with E-state index in [1.54, 1.807) is 11.0 Å². The number of rotatable bonds is 3. The van der Waals surface area contributed by atoms with Crippen molar-refractivity contribution in [2.45, 2.75) is 56.8 Å². The first-order valence-electron chi connectivity index (χ1n) is 9.97. The first-order valence-corrected chi connectivity index (χ1v) is 9.97. The minimum Gasteiger partial charge on any atom is -0.354 e. The van der Waals surface area contributed by atoms with Crippen LogP contribution in [0.25, 0.3) is 11.2 Å². The molecule has 4 heterocycles. The molecule has 3 aromatic heterocycles. The summed E-state index contributed by atoms with van der Waals surface area (Å²) in [5.41, 5.74) is 1.53. The van der Waals surface area contributed by atoms with E-state index in [0.29, 0.717) is 11.8 Å². The van der Waals surface area contributed by atoms with E-state index in [9.17, 15) is 0 Å². The Hall–Kier alpha value is -2.58. The second-order valence-corrected chi connectivity index (χ2v) is 7.78. The molecule has 9 heteroatoms. The van der Waals surface area contributed by atoms with Crippen LogP contribution in [0.4, 0.5) is 5.82 Å². The Morgan fingerprint density at radius 3 is 2.78 bits per heavy atom. The van der Waals surface area contributed by atoms with Gasteiger partial charge in [-0.1, -0.05) is 24.5 Å². The Bertz CT molecular complexity index is 924. The Morgan fingerprint density at radius 1 is 1.04 bits per heavy atom. The monoisotopic (exact) mass is 367 g/mol. The zero-order valence-electron chi connectivity index (χ0n) is 15.7. The average molecular weight is 367 g/mol. The topological polar surface area (TPSA) is 101 Å². The van der Waals surface area contributed by atoms with Crippen LogP contribution in [0.5, 0.6) is 0 Å². The van der Waals surface area contributed by atoms with E-state index in [1.165, 1.54) is 32.1 Å². The maximum absolute atomic E-state index is 4.89. The highest BCUT2D eigenvalue weighted by atomic mass is 15.4. The minimum absolute atomic E-state index is 0.314. The van der Waals surface area contributed by atoms with Gasteiger partial charge in [-0.15, -0.1) is 5.10 Å². The second-order valence-electron chi connectivity index (χ2n) is 7.78. The largest absolute Gasteiger partial charge is 0.354 e. The molecule has 142 valence electrons. The summed E-state index contributed by atoms with van der Waals surface area (Å²) in [6.07, 6.45) is 10.2. The first kappa shape index (κ1) is 16.6. The third kappa shape index (κ3) is 3.04. The molecule has 0 bridgehead atoms. The van der Waals surface area contributed by atoms with E-state index in [-0.39, 0.29) is 0 Å². The Morgan fingerprint density at radius 2 is 1.89 bits per heavy atom. The third-order valence-corrected chi connectivity index (χ3v) is 5.97. The number of hydrogen-bond donors (Lipinski definition) is 1. The number of anilines is 1. The average Bonchev–Trinajstić information content (AvgIpc) is 3.36. The number of H-pyrrole nitrogens is 1. The standard InChI is InChI=1S/C18H25N9/c1-26-17-14(22-25-26)18(20-11-19-17)27-9-5-8-13(10-27)16-21-15(23-24-16)12-6-3-2-4-7-12/h11-13H,2-10H2,1H3,(H,21,23,24). The molecule has 0 radical (unpaired) electrons. The van der Waals surface area contributed by atoms with Crippen molar-refractivity contribution in [1.82, 2.24) is 40.1 Å². The van der Waals surface area contributed by atoms with Crippen LogP contribution in [0, 0.1) is 0 Å². The second kappa shape index (κ2) is 6.86. The van der Waals surface area contributed by atoms with Crippen molar-refractivity contribution < 1.29 is 0 Å². The molecule has 1 aliphatic heterocycles. The van der Waals surface area contributed by atoms with E-state index in [1.807, 2.05) is 7.05 Å². The van der Waals surface area contributed by atoms with Crippen molar-refractivity contribution in [3.8, 4) is 0 Å². The number of nitrogens with zero attached hydrogens (tertiary/aromatic N) is 8. The number of piperidine rings is 1. The highest BCUT2D eigenvalue weighted by molar-refractivity contribution is 5.82. The van der Waals surface area contributed by atoms with Gasteiger partial charge in [-0.2, -0.15) is 5.10 Å². The molecule has 9 nitrogen and oxygen atoms in total. The molecule has 27 heavy (non-hydrogen) atoms. The maximum atomic E-state index is 4.89. The maximum Gasteiger partial charge on any atom is 0.183 e. The number of aromatic nitrogens is 8. The molecule has 2 aliphatic rings. The van der Waals surface area contributed by atoms with E-state index in [2.05, 4.69) is 35.4 Å². The summed E-state index contributed by atoms with van der Waals surface area (Å²) < 4.78 is 1.69. The molecule has 0 amide bonds. The van der Waals surface area contributed by atoms with Crippen LogP contribution in [-0.4, -0.2) is 53.2 Å². The summed E-state index contributed by atoms with van der Waals surface area (Å²) >= 11 is 0. The fourth-order valence-corrected chi connectivity index (χ4v) is 4.48. The van der Waals surface area contributed by atoms with Gasteiger partial charge in [0.15, 0.2) is 22.8 Å². The molecule has 1 atom stereocenters. The molecule has 5 rings (SSSR count). The Labute approximate surface area is 157 Å². The van der Waals surface area contributed by atoms with Gasteiger partial charge in [-0.3, -0.25) is 5.10 Å². The van der Waals surface area contributed by atoms with E-state index in [0.717, 1.165) is 54.6 Å². The first-order chi connectivity index (χ1) is 13.3. The van der Waals surface area contributed by atoms with Crippen molar-refractivity contribution >= 4 is 17.0 Å². The normalized spacial score (nSPS) is 21.8. The van der Waals surface area contributed by atoms with Gasteiger partial charge in [0.25, 0.3) is 0 Å². The lowest BCUT2D eigenvalue weighted by atomic mass is 9.89. The van der Waals surface area contributed by atoms with Crippen LogP contribution >= 0.6 is 0 Å². The number of nitrogens with one attached hydrogen (secondary N) is 1. The van der Waals surface area contributed by atoms with Gasteiger partial charge in [0.2, 0.25) is 0 Å². The van der Waals surface area contributed by atoms with Crippen LogP contribution in [0.15, 0.2) is 6.33 Å². The molecular formula is C18H25N9. The molecule has 0 spiro atoms. The summed E-state index contributed by atoms with van der Waals surface area (Å²) in [4.78, 5) is 16.0. The van der Waals surface area contributed by atoms with Crippen LogP contribution in [0.3, 0.4) is 0 Å². The highest BCUT2D eigenvalue weighted by Gasteiger charge is 2.28. The highest BCUT2D eigenvalue weighted by Crippen LogP contribution is 2.33. The molecule has 1 unspecified atom stereocenters. The smallest absolute Gasteiger partial charge is 0.183 e. The van der Waals surface area contributed by atoms with Gasteiger partial charge in [0.1, 0.15) is 12.2 Å². The van der Waals surface area contributed by atoms with E-state index in [4.69, 9.17) is 4.98 Å².